The van der Waals surface area contributed by atoms with Crippen molar-refractivity contribution in [3.63, 3.8) is 0 Å². The van der Waals surface area contributed by atoms with Crippen LogP contribution in [0.4, 0.5) is 0 Å². The lowest BCUT2D eigenvalue weighted by Gasteiger charge is -1.97. The lowest BCUT2D eigenvalue weighted by Crippen LogP contribution is -2.81. The summed E-state index contributed by atoms with van der Waals surface area (Å²) in [4.78, 5) is 11.0. The third-order valence-electron chi connectivity index (χ3n) is 1.31. The predicted octanol–water partition coefficient (Wildman–Crippen LogP) is 0.786. The zero-order chi connectivity index (χ0) is 8.27. The molecule has 1 aromatic rings. The minimum Gasteiger partial charge on any atom is -0.411 e. The van der Waals surface area contributed by atoms with Crippen molar-refractivity contribution in [2.45, 2.75) is 0 Å². The van der Waals surface area contributed by atoms with Gasteiger partial charge in [-0.3, -0.25) is 0 Å². The van der Waals surface area contributed by atoms with Gasteiger partial charge in [0.2, 0.25) is 0 Å². The molecular weight excluding hydrogens is 253 g/mol. The summed E-state index contributed by atoms with van der Waals surface area (Å²) in [5, 5.41) is 1.32. The van der Waals surface area contributed by atoms with E-state index in [1.165, 1.54) is 5.32 Å². The van der Waals surface area contributed by atoms with Gasteiger partial charge in [0.25, 0.3) is 0 Å². The van der Waals surface area contributed by atoms with Gasteiger partial charge in [0.1, 0.15) is 0 Å². The maximum Gasteiger partial charge on any atom is 0.316 e. The third-order valence-corrected chi connectivity index (χ3v) is 2.03. The summed E-state index contributed by atoms with van der Waals surface area (Å²) >= 11 is 2.19. The molecule has 0 aromatic heterocycles. The molecule has 0 aliphatic carbocycles. The Hall–Kier alpha value is -0.420. The number of benzene rings is 1. The van der Waals surface area contributed by atoms with Crippen molar-refractivity contribution in [3.05, 3.63) is 40.4 Å². The molecule has 0 aliphatic rings. The molecule has 0 aliphatic heterocycles. The molecule has 0 spiro atoms. The molecule has 0 saturated carbocycles. The molecular formula is C8H8INO. The van der Waals surface area contributed by atoms with E-state index in [2.05, 4.69) is 29.6 Å². The Morgan fingerprint density at radius 2 is 1.91 bits per heavy atom. The Morgan fingerprint density at radius 1 is 1.36 bits per heavy atom. The van der Waals surface area contributed by atoms with Crippen molar-refractivity contribution in [3.8, 4) is 0 Å². The monoisotopic (exact) mass is 261 g/mol. The van der Waals surface area contributed by atoms with Gasteiger partial charge in [0, 0.05) is 3.57 Å². The normalized spacial score (nSPS) is 9.64. The topological polar surface area (TPSA) is 33.7 Å². The molecule has 1 aromatic carbocycles. The number of amides is 1. The minimum atomic E-state index is -0.0265. The first-order valence-electron chi connectivity index (χ1n) is 3.16. The largest absolute Gasteiger partial charge is 0.411 e. The average molecular weight is 261 g/mol. The quantitative estimate of drug-likeness (QED) is 0.588. The number of hydrogen-bond acceptors (Lipinski definition) is 1. The van der Waals surface area contributed by atoms with E-state index in [-0.39, 0.29) is 5.91 Å². The second-order valence-corrected chi connectivity index (χ2v) is 3.32. The van der Waals surface area contributed by atoms with Crippen LogP contribution in [0.5, 0.6) is 0 Å². The van der Waals surface area contributed by atoms with E-state index < -0.39 is 0 Å². The first kappa shape index (κ1) is 8.67. The van der Waals surface area contributed by atoms with Crippen LogP contribution in [0, 0.1) is 10.6 Å². The molecule has 0 unspecified atom stereocenters. The van der Waals surface area contributed by atoms with Crippen LogP contribution in [0.2, 0.25) is 0 Å². The summed E-state index contributed by atoms with van der Waals surface area (Å²) in [6.07, 6.45) is 0. The average Bonchev–Trinajstić information content (AvgIpc) is 2.05. The van der Waals surface area contributed by atoms with Crippen LogP contribution in [-0.2, 0) is 0 Å². The van der Waals surface area contributed by atoms with E-state index >= 15 is 0 Å². The Labute approximate surface area is 79.1 Å². The van der Waals surface area contributed by atoms with Gasteiger partial charge < -0.3 is 5.32 Å². The second kappa shape index (κ2) is 3.82. The molecule has 0 fully saturated rings. The van der Waals surface area contributed by atoms with Crippen molar-refractivity contribution in [1.29, 1.82) is 0 Å². The number of rotatable bonds is 1. The van der Waals surface area contributed by atoms with E-state index in [1.54, 1.807) is 12.1 Å². The van der Waals surface area contributed by atoms with Crippen LogP contribution in [0.3, 0.4) is 0 Å². The van der Waals surface area contributed by atoms with Crippen LogP contribution in [0.15, 0.2) is 24.3 Å². The molecule has 0 atom stereocenters. The van der Waals surface area contributed by atoms with Gasteiger partial charge in [0.05, 0.1) is 5.56 Å². The van der Waals surface area contributed by atoms with E-state index in [9.17, 15) is 4.79 Å². The summed E-state index contributed by atoms with van der Waals surface area (Å²) in [5.74, 6) is -0.0265. The number of halogens is 1. The summed E-state index contributed by atoms with van der Waals surface area (Å²) in [6.45, 7) is 0. The van der Waals surface area contributed by atoms with Gasteiger partial charge in [-0.05, 0) is 46.9 Å². The van der Waals surface area contributed by atoms with Gasteiger partial charge >= 0.3 is 5.91 Å². The van der Waals surface area contributed by atoms with E-state index in [0.29, 0.717) is 5.56 Å². The van der Waals surface area contributed by atoms with Crippen LogP contribution in [-0.4, -0.2) is 5.91 Å². The fraction of sp³-hybridized carbons (Fsp3) is 0. The molecule has 1 amide bonds. The summed E-state index contributed by atoms with van der Waals surface area (Å²) in [7, 11) is 3.41. The van der Waals surface area contributed by atoms with E-state index in [1.807, 2.05) is 12.1 Å². The zero-order valence-electron chi connectivity index (χ0n) is 5.88. The first-order valence-corrected chi connectivity index (χ1v) is 4.24. The summed E-state index contributed by atoms with van der Waals surface area (Å²) in [5.41, 5.74) is 0.695. The number of nitrogens with two attached hydrogens (primary N) is 1. The van der Waals surface area contributed by atoms with E-state index in [4.69, 9.17) is 0 Å². The van der Waals surface area contributed by atoms with Crippen LogP contribution in [0.25, 0.3) is 0 Å². The molecule has 0 saturated heterocycles. The highest BCUT2D eigenvalue weighted by Gasteiger charge is 2.02. The van der Waals surface area contributed by atoms with Gasteiger partial charge in [-0.2, -0.15) is 0 Å². The Balaban J connectivity index is 2.90. The fourth-order valence-corrected chi connectivity index (χ4v) is 1.09. The van der Waals surface area contributed by atoms with Crippen molar-refractivity contribution >= 4 is 28.5 Å². The van der Waals surface area contributed by atoms with Crippen molar-refractivity contribution in [2.75, 3.05) is 0 Å². The number of carbonyl (C=O) groups is 1. The summed E-state index contributed by atoms with van der Waals surface area (Å²) in [6, 6.07) is 7.40. The molecule has 2 N–H and O–H groups in total. The smallest absolute Gasteiger partial charge is 0.316 e. The number of carbonyl (C=O) groups excluding carboxylic acids is 1. The van der Waals surface area contributed by atoms with E-state index in [0.717, 1.165) is 3.57 Å². The Kier molecular flexibility index (Phi) is 3.02. The standard InChI is InChI=1S/C8H8INO/c1-10-8(11)6-2-4-7(9)5-3-6/h2-5H,1,10H2. The lowest BCUT2D eigenvalue weighted by atomic mass is 10.2. The molecule has 0 radical (unpaired) electrons. The third kappa shape index (κ3) is 2.27. The maximum absolute atomic E-state index is 11.0. The molecule has 58 valence electrons. The van der Waals surface area contributed by atoms with Crippen molar-refractivity contribution < 1.29 is 10.1 Å². The van der Waals surface area contributed by atoms with Crippen LogP contribution < -0.4 is 5.32 Å². The molecule has 2 nitrogen and oxygen atoms in total. The molecule has 0 bridgehead atoms. The highest BCUT2D eigenvalue weighted by Crippen LogP contribution is 2.05. The van der Waals surface area contributed by atoms with Crippen molar-refractivity contribution in [1.82, 2.24) is 0 Å². The van der Waals surface area contributed by atoms with Crippen LogP contribution >= 0.6 is 22.6 Å². The van der Waals surface area contributed by atoms with Gasteiger partial charge in [0.15, 0.2) is 0 Å². The Morgan fingerprint density at radius 3 is 2.36 bits per heavy atom. The highest BCUT2D eigenvalue weighted by atomic mass is 127. The number of primary amides is 1. The molecule has 1 rings (SSSR count). The summed E-state index contributed by atoms with van der Waals surface area (Å²) < 4.78 is 1.13. The highest BCUT2D eigenvalue weighted by molar-refractivity contribution is 14.1. The molecule has 3 heteroatoms. The number of hydrogen-bond donors (Lipinski definition) is 1. The first-order chi connectivity index (χ1) is 5.24. The predicted molar refractivity (Wildman–Crippen MR) is 50.8 cm³/mol. The number of quaternary nitrogens is 1. The lowest BCUT2D eigenvalue weighted by molar-refractivity contribution is -0.489. The van der Waals surface area contributed by atoms with Gasteiger partial charge in [-0.1, -0.05) is 0 Å². The second-order valence-electron chi connectivity index (χ2n) is 2.08. The minimum absolute atomic E-state index is 0.0265. The van der Waals surface area contributed by atoms with Gasteiger partial charge in [-0.25, -0.2) is 4.79 Å². The van der Waals surface area contributed by atoms with Crippen LogP contribution in [0.1, 0.15) is 10.4 Å². The zero-order valence-corrected chi connectivity index (χ0v) is 8.04. The SMILES string of the molecule is [CH2-][NH2+]C(=O)c1ccc(I)cc1. The molecule has 11 heavy (non-hydrogen) atoms. The van der Waals surface area contributed by atoms with Gasteiger partial charge in [-0.15, -0.1) is 7.05 Å². The Bertz CT molecular complexity index is 255. The molecule has 0 heterocycles. The maximum atomic E-state index is 11.0. The fourth-order valence-electron chi connectivity index (χ4n) is 0.732. The van der Waals surface area contributed by atoms with Crippen molar-refractivity contribution in [2.24, 2.45) is 0 Å².